The molecular weight excluding hydrogens is 378 g/mol. The molecule has 0 aliphatic rings. The maximum absolute atomic E-state index is 12.8. The predicted octanol–water partition coefficient (Wildman–Crippen LogP) is 4.08. The Balaban J connectivity index is 1.85. The molecule has 1 amide bonds. The van der Waals surface area contributed by atoms with Crippen LogP contribution in [-0.4, -0.2) is 33.4 Å². The SMILES string of the molecule is CCOc1cc(-c2ccccc2)sc1C(=O)Nc1cnn(C(C)(C)C(=O)O)c1. The van der Waals surface area contributed by atoms with Crippen LogP contribution in [0.5, 0.6) is 5.75 Å². The maximum Gasteiger partial charge on any atom is 0.331 e. The number of aliphatic carboxylic acids is 1. The molecule has 3 rings (SSSR count). The van der Waals surface area contributed by atoms with Gasteiger partial charge in [0.1, 0.15) is 10.6 Å². The number of hydrogen-bond donors (Lipinski definition) is 2. The Labute approximate surface area is 166 Å². The van der Waals surface area contributed by atoms with Gasteiger partial charge in [-0.05, 0) is 32.4 Å². The van der Waals surface area contributed by atoms with Crippen molar-refractivity contribution in [3.63, 3.8) is 0 Å². The molecule has 146 valence electrons. The molecule has 2 heterocycles. The molecule has 2 aromatic heterocycles. The van der Waals surface area contributed by atoms with Gasteiger partial charge in [0.05, 0.1) is 18.5 Å². The van der Waals surface area contributed by atoms with Gasteiger partial charge in [-0.15, -0.1) is 11.3 Å². The molecule has 28 heavy (non-hydrogen) atoms. The second-order valence-corrected chi connectivity index (χ2v) is 7.65. The first-order valence-corrected chi connectivity index (χ1v) is 9.56. The number of aromatic nitrogens is 2. The molecule has 0 aliphatic heterocycles. The Hall–Kier alpha value is -3.13. The van der Waals surface area contributed by atoms with E-state index in [0.717, 1.165) is 10.4 Å². The molecular formula is C20H21N3O4S. The van der Waals surface area contributed by atoms with Crippen molar-refractivity contribution in [2.45, 2.75) is 26.3 Å². The van der Waals surface area contributed by atoms with Gasteiger partial charge in [-0.2, -0.15) is 5.10 Å². The molecule has 0 saturated heterocycles. The van der Waals surface area contributed by atoms with Crippen LogP contribution < -0.4 is 10.1 Å². The van der Waals surface area contributed by atoms with E-state index in [0.29, 0.717) is 22.9 Å². The van der Waals surface area contributed by atoms with E-state index < -0.39 is 11.5 Å². The van der Waals surface area contributed by atoms with Crippen LogP contribution in [0, 0.1) is 0 Å². The van der Waals surface area contributed by atoms with E-state index in [9.17, 15) is 14.7 Å². The van der Waals surface area contributed by atoms with Gasteiger partial charge in [0.25, 0.3) is 5.91 Å². The minimum absolute atomic E-state index is 0.330. The maximum atomic E-state index is 12.8. The standard InChI is InChI=1S/C20H21N3O4S/c1-4-27-15-10-16(13-8-6-5-7-9-13)28-17(15)18(24)22-14-11-21-23(12-14)20(2,3)19(25)26/h5-12H,4H2,1-3H3,(H,22,24)(H,25,26). The number of carbonyl (C=O) groups is 2. The Morgan fingerprint density at radius 3 is 2.64 bits per heavy atom. The summed E-state index contributed by atoms with van der Waals surface area (Å²) < 4.78 is 6.94. The lowest BCUT2D eigenvalue weighted by molar-refractivity contribution is -0.146. The highest BCUT2D eigenvalue weighted by Crippen LogP contribution is 2.36. The highest BCUT2D eigenvalue weighted by atomic mass is 32.1. The van der Waals surface area contributed by atoms with Crippen molar-refractivity contribution in [2.75, 3.05) is 11.9 Å². The van der Waals surface area contributed by atoms with Gasteiger partial charge in [-0.25, -0.2) is 4.79 Å². The third kappa shape index (κ3) is 3.91. The van der Waals surface area contributed by atoms with Gasteiger partial charge in [0.2, 0.25) is 0 Å². The van der Waals surface area contributed by atoms with Gasteiger partial charge < -0.3 is 15.2 Å². The second kappa shape index (κ2) is 7.85. The van der Waals surface area contributed by atoms with Crippen LogP contribution in [0.15, 0.2) is 48.8 Å². The van der Waals surface area contributed by atoms with Crippen LogP contribution in [0.4, 0.5) is 5.69 Å². The van der Waals surface area contributed by atoms with Crippen LogP contribution in [-0.2, 0) is 10.3 Å². The van der Waals surface area contributed by atoms with Crippen molar-refractivity contribution in [1.29, 1.82) is 0 Å². The molecule has 0 saturated carbocycles. The number of nitrogens with zero attached hydrogens (tertiary/aromatic N) is 2. The van der Waals surface area contributed by atoms with E-state index in [2.05, 4.69) is 10.4 Å². The monoisotopic (exact) mass is 399 g/mol. The van der Waals surface area contributed by atoms with Gasteiger partial charge >= 0.3 is 5.97 Å². The van der Waals surface area contributed by atoms with Crippen molar-refractivity contribution >= 4 is 28.9 Å². The van der Waals surface area contributed by atoms with Crippen molar-refractivity contribution in [3.8, 4) is 16.2 Å². The highest BCUT2D eigenvalue weighted by molar-refractivity contribution is 7.17. The van der Waals surface area contributed by atoms with Gasteiger partial charge in [0.15, 0.2) is 5.54 Å². The van der Waals surface area contributed by atoms with Crippen molar-refractivity contribution in [1.82, 2.24) is 9.78 Å². The molecule has 8 heteroatoms. The van der Waals surface area contributed by atoms with E-state index in [1.54, 1.807) is 0 Å². The summed E-state index contributed by atoms with van der Waals surface area (Å²) in [7, 11) is 0. The highest BCUT2D eigenvalue weighted by Gasteiger charge is 2.30. The number of carboxylic acid groups (broad SMARTS) is 1. The number of ether oxygens (including phenoxy) is 1. The molecule has 0 spiro atoms. The molecule has 0 bridgehead atoms. The number of benzene rings is 1. The minimum atomic E-state index is -1.22. The summed E-state index contributed by atoms with van der Waals surface area (Å²) in [4.78, 5) is 25.6. The molecule has 0 radical (unpaired) electrons. The number of rotatable bonds is 7. The summed E-state index contributed by atoms with van der Waals surface area (Å²) in [5, 5.41) is 16.1. The number of carboxylic acids is 1. The quantitative estimate of drug-likeness (QED) is 0.624. The Morgan fingerprint density at radius 2 is 2.00 bits per heavy atom. The Kier molecular flexibility index (Phi) is 5.51. The lowest BCUT2D eigenvalue weighted by Gasteiger charge is -2.19. The van der Waals surface area contributed by atoms with Crippen LogP contribution in [0.3, 0.4) is 0 Å². The lowest BCUT2D eigenvalue weighted by atomic mass is 10.1. The number of nitrogens with one attached hydrogen (secondary N) is 1. The van der Waals surface area contributed by atoms with E-state index in [1.165, 1.54) is 42.3 Å². The summed E-state index contributed by atoms with van der Waals surface area (Å²) in [6, 6.07) is 11.6. The fourth-order valence-electron chi connectivity index (χ4n) is 2.52. The van der Waals surface area contributed by atoms with Gasteiger partial charge in [-0.1, -0.05) is 30.3 Å². The fourth-order valence-corrected chi connectivity index (χ4v) is 3.52. The number of thiophene rings is 1. The third-order valence-corrected chi connectivity index (χ3v) is 5.36. The minimum Gasteiger partial charge on any atom is -0.492 e. The largest absolute Gasteiger partial charge is 0.492 e. The van der Waals surface area contributed by atoms with E-state index >= 15 is 0 Å². The molecule has 0 fully saturated rings. The first kappa shape index (κ1) is 19.6. The van der Waals surface area contributed by atoms with E-state index in [-0.39, 0.29) is 5.91 Å². The summed E-state index contributed by atoms with van der Waals surface area (Å²) in [5.41, 5.74) is 0.197. The van der Waals surface area contributed by atoms with Crippen molar-refractivity contribution < 1.29 is 19.4 Å². The zero-order valence-corrected chi connectivity index (χ0v) is 16.6. The number of carbonyl (C=O) groups excluding carboxylic acids is 1. The number of hydrogen-bond acceptors (Lipinski definition) is 5. The molecule has 1 aromatic carbocycles. The Bertz CT molecular complexity index is 992. The van der Waals surface area contributed by atoms with Crippen LogP contribution in [0.2, 0.25) is 0 Å². The summed E-state index contributed by atoms with van der Waals surface area (Å²) in [6.45, 7) is 5.37. The number of anilines is 1. The van der Waals surface area contributed by atoms with Crippen molar-refractivity contribution in [3.05, 3.63) is 53.7 Å². The summed E-state index contributed by atoms with van der Waals surface area (Å²) in [6.07, 6.45) is 2.92. The zero-order valence-electron chi connectivity index (χ0n) is 15.8. The summed E-state index contributed by atoms with van der Waals surface area (Å²) in [5.74, 6) is -0.830. The normalized spacial score (nSPS) is 11.2. The van der Waals surface area contributed by atoms with E-state index in [1.807, 2.05) is 43.3 Å². The molecule has 0 unspecified atom stereocenters. The molecule has 0 atom stereocenters. The van der Waals surface area contributed by atoms with Crippen LogP contribution in [0.1, 0.15) is 30.4 Å². The first-order valence-electron chi connectivity index (χ1n) is 8.75. The zero-order chi connectivity index (χ0) is 20.3. The third-order valence-electron chi connectivity index (χ3n) is 4.20. The first-order chi connectivity index (χ1) is 13.3. The summed E-state index contributed by atoms with van der Waals surface area (Å²) >= 11 is 1.34. The number of amides is 1. The van der Waals surface area contributed by atoms with Crippen molar-refractivity contribution in [2.24, 2.45) is 0 Å². The Morgan fingerprint density at radius 1 is 1.29 bits per heavy atom. The molecule has 3 aromatic rings. The molecule has 0 aliphatic carbocycles. The molecule has 7 nitrogen and oxygen atoms in total. The smallest absolute Gasteiger partial charge is 0.331 e. The predicted molar refractivity (Wildman–Crippen MR) is 108 cm³/mol. The topological polar surface area (TPSA) is 93.5 Å². The van der Waals surface area contributed by atoms with Crippen LogP contribution >= 0.6 is 11.3 Å². The second-order valence-electron chi connectivity index (χ2n) is 6.59. The average molecular weight is 399 g/mol. The van der Waals surface area contributed by atoms with E-state index in [4.69, 9.17) is 4.74 Å². The van der Waals surface area contributed by atoms with Gasteiger partial charge in [0, 0.05) is 11.1 Å². The molecule has 2 N–H and O–H groups in total. The van der Waals surface area contributed by atoms with Crippen LogP contribution in [0.25, 0.3) is 10.4 Å². The average Bonchev–Trinajstić information content (AvgIpc) is 3.30. The lowest BCUT2D eigenvalue weighted by Crippen LogP contribution is -2.35. The van der Waals surface area contributed by atoms with Gasteiger partial charge in [-0.3, -0.25) is 9.48 Å². The fraction of sp³-hybridized carbons (Fsp3) is 0.250.